The van der Waals surface area contributed by atoms with Crippen LogP contribution < -0.4 is 5.32 Å². The topological polar surface area (TPSA) is 21.3 Å². The van der Waals surface area contributed by atoms with Gasteiger partial charge in [0.1, 0.15) is 5.82 Å². The van der Waals surface area contributed by atoms with Crippen LogP contribution in [0, 0.1) is 5.82 Å². The van der Waals surface area contributed by atoms with Crippen LogP contribution in [0.2, 0.25) is 0 Å². The summed E-state index contributed by atoms with van der Waals surface area (Å²) in [4.78, 5) is 0. The molecule has 0 spiro atoms. The van der Waals surface area contributed by atoms with Crippen LogP contribution in [0.25, 0.3) is 0 Å². The van der Waals surface area contributed by atoms with Gasteiger partial charge in [-0.3, -0.25) is 0 Å². The predicted octanol–water partition coefficient (Wildman–Crippen LogP) is 4.31. The molecule has 0 heterocycles. The highest BCUT2D eigenvalue weighted by atomic mass is 79.9. The van der Waals surface area contributed by atoms with Crippen molar-refractivity contribution < 1.29 is 9.13 Å². The minimum Gasteiger partial charge on any atom is -0.377 e. The Hall–Kier alpha value is -0.450. The van der Waals surface area contributed by atoms with Crippen molar-refractivity contribution in [2.75, 3.05) is 13.2 Å². The van der Waals surface area contributed by atoms with Crippen molar-refractivity contribution in [1.29, 1.82) is 0 Å². The van der Waals surface area contributed by atoms with E-state index >= 15 is 0 Å². The molecule has 1 rings (SSSR count). The lowest BCUT2D eigenvalue weighted by atomic mass is 9.98. The van der Waals surface area contributed by atoms with Gasteiger partial charge in [0.2, 0.25) is 0 Å². The van der Waals surface area contributed by atoms with Crippen LogP contribution >= 0.6 is 15.9 Å². The molecule has 0 fully saturated rings. The Labute approximate surface area is 130 Å². The molecule has 2 unspecified atom stereocenters. The van der Waals surface area contributed by atoms with Gasteiger partial charge in [-0.1, -0.05) is 36.2 Å². The maximum Gasteiger partial charge on any atom is 0.123 e. The van der Waals surface area contributed by atoms with Gasteiger partial charge in [-0.25, -0.2) is 4.39 Å². The lowest BCUT2D eigenvalue weighted by Crippen LogP contribution is -2.43. The third-order valence-corrected chi connectivity index (χ3v) is 4.09. The quantitative estimate of drug-likeness (QED) is 0.719. The number of hydrogen-bond acceptors (Lipinski definition) is 2. The highest BCUT2D eigenvalue weighted by molar-refractivity contribution is 9.10. The van der Waals surface area contributed by atoms with Crippen LogP contribution in [0.1, 0.15) is 39.2 Å². The number of hydrogen-bond donors (Lipinski definition) is 1. The molecule has 1 N–H and O–H groups in total. The van der Waals surface area contributed by atoms with Crippen molar-refractivity contribution in [3.8, 4) is 0 Å². The summed E-state index contributed by atoms with van der Waals surface area (Å²) in [5, 5.41) is 3.48. The van der Waals surface area contributed by atoms with Gasteiger partial charge in [-0.2, -0.15) is 0 Å². The number of benzene rings is 1. The SMILES string of the molecule is CCCC(OCC)C(Cc1cc(F)ccc1Br)NCC. The Morgan fingerprint density at radius 3 is 2.65 bits per heavy atom. The fraction of sp³-hybridized carbons (Fsp3) is 0.625. The van der Waals surface area contributed by atoms with E-state index in [2.05, 4.69) is 35.1 Å². The molecule has 2 nitrogen and oxygen atoms in total. The molecule has 4 heteroatoms. The largest absolute Gasteiger partial charge is 0.377 e. The molecule has 0 aliphatic carbocycles. The molecular formula is C16H25BrFNO. The van der Waals surface area contributed by atoms with Gasteiger partial charge in [0.05, 0.1) is 6.10 Å². The first-order valence-electron chi connectivity index (χ1n) is 7.41. The molecule has 0 aromatic heterocycles. The summed E-state index contributed by atoms with van der Waals surface area (Å²) in [6.45, 7) is 7.85. The Kier molecular flexibility index (Phi) is 8.34. The zero-order valence-electron chi connectivity index (χ0n) is 12.6. The molecule has 0 amide bonds. The molecule has 2 atom stereocenters. The predicted molar refractivity (Wildman–Crippen MR) is 85.6 cm³/mol. The molecule has 0 aliphatic heterocycles. The molecule has 0 saturated carbocycles. The van der Waals surface area contributed by atoms with Gasteiger partial charge in [0, 0.05) is 17.1 Å². The summed E-state index contributed by atoms with van der Waals surface area (Å²) in [5.74, 6) is -0.193. The molecule has 0 bridgehead atoms. The van der Waals surface area contributed by atoms with Crippen molar-refractivity contribution >= 4 is 15.9 Å². The Morgan fingerprint density at radius 2 is 2.05 bits per heavy atom. The highest BCUT2D eigenvalue weighted by Crippen LogP contribution is 2.21. The second-order valence-corrected chi connectivity index (χ2v) is 5.74. The lowest BCUT2D eigenvalue weighted by molar-refractivity contribution is 0.0285. The summed E-state index contributed by atoms with van der Waals surface area (Å²) in [5.41, 5.74) is 0.983. The van der Waals surface area contributed by atoms with Crippen LogP contribution in [0.4, 0.5) is 4.39 Å². The molecule has 0 radical (unpaired) electrons. The molecule has 20 heavy (non-hydrogen) atoms. The molecule has 0 saturated heterocycles. The van der Waals surface area contributed by atoms with Crippen molar-refractivity contribution in [3.05, 3.63) is 34.1 Å². The average Bonchev–Trinajstić information content (AvgIpc) is 2.42. The van der Waals surface area contributed by atoms with Gasteiger partial charge < -0.3 is 10.1 Å². The van der Waals surface area contributed by atoms with Gasteiger partial charge >= 0.3 is 0 Å². The molecule has 0 aliphatic rings. The third kappa shape index (κ3) is 5.51. The summed E-state index contributed by atoms with van der Waals surface area (Å²) >= 11 is 3.50. The van der Waals surface area contributed by atoms with Gasteiger partial charge in [0.25, 0.3) is 0 Å². The smallest absolute Gasteiger partial charge is 0.123 e. The van der Waals surface area contributed by atoms with E-state index in [1.165, 1.54) is 6.07 Å². The molecule has 114 valence electrons. The monoisotopic (exact) mass is 345 g/mol. The molecule has 1 aromatic rings. The van der Waals surface area contributed by atoms with E-state index in [9.17, 15) is 4.39 Å². The van der Waals surface area contributed by atoms with E-state index in [0.717, 1.165) is 35.8 Å². The van der Waals surface area contributed by atoms with E-state index in [0.29, 0.717) is 6.61 Å². The third-order valence-electron chi connectivity index (χ3n) is 3.32. The van der Waals surface area contributed by atoms with Crippen molar-refractivity contribution in [3.63, 3.8) is 0 Å². The first kappa shape index (κ1) is 17.6. The van der Waals surface area contributed by atoms with Gasteiger partial charge in [0.15, 0.2) is 0 Å². The lowest BCUT2D eigenvalue weighted by Gasteiger charge is -2.28. The van der Waals surface area contributed by atoms with Crippen LogP contribution in [0.15, 0.2) is 22.7 Å². The maximum atomic E-state index is 13.4. The van der Waals surface area contributed by atoms with Crippen LogP contribution in [0.5, 0.6) is 0 Å². The molecular weight excluding hydrogens is 321 g/mol. The van der Waals surface area contributed by atoms with E-state index < -0.39 is 0 Å². The minimum atomic E-state index is -0.193. The summed E-state index contributed by atoms with van der Waals surface area (Å²) in [7, 11) is 0. The van der Waals surface area contributed by atoms with Crippen molar-refractivity contribution in [2.45, 2.75) is 52.2 Å². The van der Waals surface area contributed by atoms with Gasteiger partial charge in [-0.15, -0.1) is 0 Å². The zero-order valence-corrected chi connectivity index (χ0v) is 14.2. The van der Waals surface area contributed by atoms with Crippen LogP contribution in [-0.2, 0) is 11.2 Å². The van der Waals surface area contributed by atoms with Gasteiger partial charge in [-0.05, 0) is 50.1 Å². The number of ether oxygens (including phenoxy) is 1. The van der Waals surface area contributed by atoms with Crippen molar-refractivity contribution in [1.82, 2.24) is 5.32 Å². The summed E-state index contributed by atoms with van der Waals surface area (Å²) < 4.78 is 20.2. The Bertz CT molecular complexity index is 394. The van der Waals surface area contributed by atoms with Crippen molar-refractivity contribution in [2.24, 2.45) is 0 Å². The summed E-state index contributed by atoms with van der Waals surface area (Å²) in [6, 6.07) is 5.05. The first-order chi connectivity index (χ1) is 9.62. The normalized spacial score (nSPS) is 14.2. The first-order valence-corrected chi connectivity index (χ1v) is 8.20. The zero-order chi connectivity index (χ0) is 15.0. The Morgan fingerprint density at radius 1 is 1.30 bits per heavy atom. The highest BCUT2D eigenvalue weighted by Gasteiger charge is 2.21. The average molecular weight is 346 g/mol. The number of rotatable bonds is 9. The fourth-order valence-electron chi connectivity index (χ4n) is 2.43. The second kappa shape index (κ2) is 9.48. The number of nitrogens with one attached hydrogen (secondary N) is 1. The van der Waals surface area contributed by atoms with E-state index in [1.54, 1.807) is 12.1 Å². The fourth-order valence-corrected chi connectivity index (χ4v) is 2.84. The Balaban J connectivity index is 2.86. The second-order valence-electron chi connectivity index (χ2n) is 4.89. The van der Waals surface area contributed by atoms with E-state index in [-0.39, 0.29) is 18.0 Å². The maximum absolute atomic E-state index is 13.4. The summed E-state index contributed by atoms with van der Waals surface area (Å²) in [6.07, 6.45) is 3.02. The van der Waals surface area contributed by atoms with E-state index in [1.807, 2.05) is 6.92 Å². The standard InChI is InChI=1S/C16H25BrFNO/c1-4-7-16(20-6-3)15(19-5-2)11-12-10-13(18)8-9-14(12)17/h8-10,15-16,19H,4-7,11H2,1-3H3. The minimum absolute atomic E-state index is 0.167. The van der Waals surface area contributed by atoms with Crippen LogP contribution in [-0.4, -0.2) is 25.3 Å². The van der Waals surface area contributed by atoms with E-state index in [4.69, 9.17) is 4.74 Å². The van der Waals surface area contributed by atoms with Crippen LogP contribution in [0.3, 0.4) is 0 Å². The molecule has 1 aromatic carbocycles. The number of likely N-dealkylation sites (N-methyl/N-ethyl adjacent to an activating group) is 1. The number of halogens is 2.